The van der Waals surface area contributed by atoms with Crippen molar-refractivity contribution in [3.05, 3.63) is 59.3 Å². The van der Waals surface area contributed by atoms with Gasteiger partial charge in [-0.3, -0.25) is 4.57 Å². The first kappa shape index (κ1) is 12.3. The first-order valence-electron chi connectivity index (χ1n) is 6.44. The molecule has 0 atom stereocenters. The van der Waals surface area contributed by atoms with Crippen molar-refractivity contribution in [2.75, 3.05) is 0 Å². The van der Waals surface area contributed by atoms with Gasteiger partial charge in [-0.2, -0.15) is 5.26 Å². The molecule has 1 N–H and O–H groups in total. The minimum atomic E-state index is 0.0454. The van der Waals surface area contributed by atoms with E-state index in [9.17, 15) is 10.4 Å². The standard InChI is InChI=1S/C17H14N2O/c1-11-6-5-9-14(12(11)2)19-15-8-4-3-7-13(15)17(20)16(19)10-18/h3-9,20H,1-2H3. The van der Waals surface area contributed by atoms with Crippen LogP contribution >= 0.6 is 0 Å². The fraction of sp³-hybridized carbons (Fsp3) is 0.118. The van der Waals surface area contributed by atoms with E-state index >= 15 is 0 Å². The highest BCUT2D eigenvalue weighted by atomic mass is 16.3. The molecule has 3 heteroatoms. The normalized spacial score (nSPS) is 10.7. The Bertz CT molecular complexity index is 853. The molecule has 0 aliphatic rings. The van der Waals surface area contributed by atoms with Gasteiger partial charge in [-0.15, -0.1) is 0 Å². The van der Waals surface area contributed by atoms with Gasteiger partial charge in [0.2, 0.25) is 0 Å². The smallest absolute Gasteiger partial charge is 0.168 e. The van der Waals surface area contributed by atoms with Crippen LogP contribution in [-0.2, 0) is 0 Å². The van der Waals surface area contributed by atoms with Gasteiger partial charge in [0.05, 0.1) is 11.2 Å². The number of benzene rings is 2. The van der Waals surface area contributed by atoms with Crippen molar-refractivity contribution in [2.45, 2.75) is 13.8 Å². The number of para-hydroxylation sites is 1. The van der Waals surface area contributed by atoms with Crippen LogP contribution in [0.5, 0.6) is 5.75 Å². The lowest BCUT2D eigenvalue weighted by Gasteiger charge is -2.12. The number of nitriles is 1. The second-order valence-electron chi connectivity index (χ2n) is 4.88. The van der Waals surface area contributed by atoms with E-state index in [1.807, 2.05) is 60.9 Å². The van der Waals surface area contributed by atoms with Crippen molar-refractivity contribution in [1.29, 1.82) is 5.26 Å². The summed E-state index contributed by atoms with van der Waals surface area (Å²) in [4.78, 5) is 0. The molecule has 3 nitrogen and oxygen atoms in total. The molecule has 0 radical (unpaired) electrons. The summed E-state index contributed by atoms with van der Waals surface area (Å²) in [7, 11) is 0. The molecule has 3 rings (SSSR count). The van der Waals surface area contributed by atoms with Crippen LogP contribution in [-0.4, -0.2) is 9.67 Å². The van der Waals surface area contributed by atoms with Crippen LogP contribution in [0.2, 0.25) is 0 Å². The van der Waals surface area contributed by atoms with Gasteiger partial charge in [0.1, 0.15) is 6.07 Å². The minimum Gasteiger partial charge on any atom is -0.504 e. The highest BCUT2D eigenvalue weighted by molar-refractivity contribution is 5.91. The number of hydrogen-bond acceptors (Lipinski definition) is 2. The molecule has 2 aromatic carbocycles. The Morgan fingerprint density at radius 3 is 2.55 bits per heavy atom. The average Bonchev–Trinajstić information content (AvgIpc) is 2.75. The minimum absolute atomic E-state index is 0.0454. The van der Waals surface area contributed by atoms with Crippen LogP contribution < -0.4 is 0 Å². The monoisotopic (exact) mass is 262 g/mol. The third kappa shape index (κ3) is 1.59. The first-order valence-corrected chi connectivity index (χ1v) is 6.44. The average molecular weight is 262 g/mol. The third-order valence-corrected chi connectivity index (χ3v) is 3.77. The molecule has 20 heavy (non-hydrogen) atoms. The summed E-state index contributed by atoms with van der Waals surface area (Å²) in [5.41, 5.74) is 4.31. The van der Waals surface area contributed by atoms with Gasteiger partial charge in [0.15, 0.2) is 11.4 Å². The molecule has 0 unspecified atom stereocenters. The summed E-state index contributed by atoms with van der Waals surface area (Å²) >= 11 is 0. The van der Waals surface area contributed by atoms with Crippen molar-refractivity contribution in [1.82, 2.24) is 4.57 Å². The summed E-state index contributed by atoms with van der Waals surface area (Å²) in [6.07, 6.45) is 0. The number of rotatable bonds is 1. The zero-order chi connectivity index (χ0) is 14.3. The maximum atomic E-state index is 10.2. The van der Waals surface area contributed by atoms with E-state index in [0.717, 1.165) is 22.3 Å². The van der Waals surface area contributed by atoms with Crippen LogP contribution in [0.4, 0.5) is 0 Å². The highest BCUT2D eigenvalue weighted by Gasteiger charge is 2.18. The predicted octanol–water partition coefficient (Wildman–Crippen LogP) is 3.82. The lowest BCUT2D eigenvalue weighted by Crippen LogP contribution is -2.00. The van der Waals surface area contributed by atoms with Crippen LogP contribution in [0.25, 0.3) is 16.6 Å². The van der Waals surface area contributed by atoms with Gasteiger partial charge in [0, 0.05) is 5.39 Å². The SMILES string of the molecule is Cc1cccc(-n2c(C#N)c(O)c3ccccc32)c1C. The molecule has 3 aromatic rings. The summed E-state index contributed by atoms with van der Waals surface area (Å²) in [6, 6.07) is 15.6. The summed E-state index contributed by atoms with van der Waals surface area (Å²) in [5, 5.41) is 20.3. The first-order chi connectivity index (χ1) is 9.65. The van der Waals surface area contributed by atoms with Crippen molar-refractivity contribution in [2.24, 2.45) is 0 Å². The molecular weight excluding hydrogens is 248 g/mol. The zero-order valence-corrected chi connectivity index (χ0v) is 11.4. The van der Waals surface area contributed by atoms with Crippen LogP contribution in [0.15, 0.2) is 42.5 Å². The van der Waals surface area contributed by atoms with Crippen LogP contribution in [0.3, 0.4) is 0 Å². The van der Waals surface area contributed by atoms with Crippen LogP contribution in [0.1, 0.15) is 16.8 Å². The molecule has 0 bridgehead atoms. The maximum absolute atomic E-state index is 10.2. The second-order valence-corrected chi connectivity index (χ2v) is 4.88. The maximum Gasteiger partial charge on any atom is 0.168 e. The largest absolute Gasteiger partial charge is 0.504 e. The van der Waals surface area contributed by atoms with E-state index < -0.39 is 0 Å². The molecule has 0 aliphatic carbocycles. The molecule has 1 heterocycles. The van der Waals surface area contributed by atoms with Crippen LogP contribution in [0, 0.1) is 25.2 Å². The second kappa shape index (κ2) is 4.43. The Morgan fingerprint density at radius 2 is 1.80 bits per heavy atom. The molecule has 0 saturated carbocycles. The molecule has 0 saturated heterocycles. The number of aromatic hydroxyl groups is 1. The van der Waals surface area contributed by atoms with Gasteiger partial charge in [-0.05, 0) is 43.2 Å². The van der Waals surface area contributed by atoms with Crippen molar-refractivity contribution in [3.8, 4) is 17.5 Å². The lowest BCUT2D eigenvalue weighted by molar-refractivity contribution is 0.478. The van der Waals surface area contributed by atoms with E-state index in [-0.39, 0.29) is 11.4 Å². The summed E-state index contributed by atoms with van der Waals surface area (Å²) in [6.45, 7) is 4.06. The highest BCUT2D eigenvalue weighted by Crippen LogP contribution is 2.35. The van der Waals surface area contributed by atoms with Gasteiger partial charge >= 0.3 is 0 Å². The Hall–Kier alpha value is -2.73. The van der Waals surface area contributed by atoms with E-state index in [1.165, 1.54) is 0 Å². The number of nitrogens with zero attached hydrogens (tertiary/aromatic N) is 2. The zero-order valence-electron chi connectivity index (χ0n) is 11.4. The molecule has 0 aliphatic heterocycles. The fourth-order valence-corrected chi connectivity index (χ4v) is 2.55. The van der Waals surface area contributed by atoms with E-state index in [2.05, 4.69) is 6.07 Å². The Kier molecular flexibility index (Phi) is 2.73. The van der Waals surface area contributed by atoms with Gasteiger partial charge in [-0.1, -0.05) is 24.3 Å². The molecule has 0 spiro atoms. The number of aromatic nitrogens is 1. The Balaban J connectivity index is 2.48. The Labute approximate surface area is 117 Å². The lowest BCUT2D eigenvalue weighted by atomic mass is 10.1. The predicted molar refractivity (Wildman–Crippen MR) is 79.1 cm³/mol. The number of fused-ring (bicyclic) bond motifs is 1. The quantitative estimate of drug-likeness (QED) is 0.724. The van der Waals surface area contributed by atoms with Gasteiger partial charge in [-0.25, -0.2) is 0 Å². The van der Waals surface area contributed by atoms with Gasteiger partial charge < -0.3 is 5.11 Å². The number of aryl methyl sites for hydroxylation is 1. The topological polar surface area (TPSA) is 49.0 Å². The molecule has 98 valence electrons. The molecule has 0 fully saturated rings. The summed E-state index contributed by atoms with van der Waals surface area (Å²) < 4.78 is 1.83. The Morgan fingerprint density at radius 1 is 1.05 bits per heavy atom. The third-order valence-electron chi connectivity index (χ3n) is 3.77. The number of hydrogen-bond donors (Lipinski definition) is 1. The molecular formula is C17H14N2O. The van der Waals surface area contributed by atoms with E-state index in [4.69, 9.17) is 0 Å². The fourth-order valence-electron chi connectivity index (χ4n) is 2.55. The van der Waals surface area contributed by atoms with E-state index in [1.54, 1.807) is 0 Å². The van der Waals surface area contributed by atoms with Crippen molar-refractivity contribution < 1.29 is 5.11 Å². The van der Waals surface area contributed by atoms with Crippen molar-refractivity contribution >= 4 is 10.9 Å². The van der Waals surface area contributed by atoms with E-state index in [0.29, 0.717) is 5.39 Å². The molecule has 1 aromatic heterocycles. The summed E-state index contributed by atoms with van der Waals surface area (Å²) in [5.74, 6) is 0.0454. The van der Waals surface area contributed by atoms with Crippen molar-refractivity contribution in [3.63, 3.8) is 0 Å². The van der Waals surface area contributed by atoms with Gasteiger partial charge in [0.25, 0.3) is 0 Å². The molecule has 0 amide bonds.